The number of hydrogen-bond acceptors (Lipinski definition) is 2. The van der Waals surface area contributed by atoms with E-state index in [4.69, 9.17) is 0 Å². The first-order valence-electron chi connectivity index (χ1n) is 9.57. The molecule has 0 aromatic heterocycles. The van der Waals surface area contributed by atoms with Gasteiger partial charge in [0.2, 0.25) is 0 Å². The van der Waals surface area contributed by atoms with Crippen molar-refractivity contribution in [2.24, 2.45) is 40.4 Å². The van der Waals surface area contributed by atoms with E-state index in [0.717, 1.165) is 37.0 Å². The van der Waals surface area contributed by atoms with Crippen LogP contribution in [0.2, 0.25) is 0 Å². The fraction of sp³-hybridized carbons (Fsp3) is 0.950. The van der Waals surface area contributed by atoms with Gasteiger partial charge in [0.25, 0.3) is 0 Å². The normalized spacial score (nSPS) is 57.9. The summed E-state index contributed by atoms with van der Waals surface area (Å²) >= 11 is 0. The Balaban J connectivity index is 1.67. The minimum atomic E-state index is -0.0747. The number of rotatable bonds is 0. The predicted octanol–water partition coefficient (Wildman–Crippen LogP) is 4.21. The standard InChI is InChI=1S/C20H32O2/c1-12-10-14(21)11-13-4-5-15-16-6-7-18(22)19(16,2)9-8-17(15)20(12,13)3/h12-13,15-18,22H,4-11H2,1-3H3/t12-,13+,15-,16-,17-,18-,19-,20-/m0/s1. The second-order valence-corrected chi connectivity index (χ2v) is 9.50. The number of ketones is 1. The quantitative estimate of drug-likeness (QED) is 0.728. The van der Waals surface area contributed by atoms with Gasteiger partial charge in [0.15, 0.2) is 0 Å². The van der Waals surface area contributed by atoms with Gasteiger partial charge in [0.1, 0.15) is 5.78 Å². The molecule has 0 radical (unpaired) electrons. The highest BCUT2D eigenvalue weighted by molar-refractivity contribution is 5.80. The maximum absolute atomic E-state index is 12.1. The SMILES string of the molecule is C[C@H]1CC(=O)C[C@H]2CC[C@H]3[C@@H]4CC[C@H](O)[C@@]4(C)CC[C@@H]3[C@]21C. The van der Waals surface area contributed by atoms with Crippen LogP contribution in [0.25, 0.3) is 0 Å². The molecule has 0 bridgehead atoms. The first-order valence-corrected chi connectivity index (χ1v) is 9.57. The highest BCUT2D eigenvalue weighted by Crippen LogP contribution is 2.66. The first-order chi connectivity index (χ1) is 10.4. The van der Waals surface area contributed by atoms with Crippen molar-refractivity contribution >= 4 is 5.78 Å². The van der Waals surface area contributed by atoms with Gasteiger partial charge in [-0.3, -0.25) is 4.79 Å². The fourth-order valence-electron chi connectivity index (χ4n) is 7.45. The van der Waals surface area contributed by atoms with Crippen LogP contribution in [0.5, 0.6) is 0 Å². The Kier molecular flexibility index (Phi) is 3.32. The number of hydrogen-bond donors (Lipinski definition) is 1. The molecule has 4 aliphatic carbocycles. The zero-order chi connectivity index (χ0) is 15.7. The van der Waals surface area contributed by atoms with Gasteiger partial charge in [-0.1, -0.05) is 20.8 Å². The number of carbonyl (C=O) groups excluding carboxylic acids is 1. The maximum atomic E-state index is 12.1. The highest BCUT2D eigenvalue weighted by atomic mass is 16.3. The molecule has 2 heteroatoms. The van der Waals surface area contributed by atoms with E-state index in [1.807, 2.05) is 0 Å². The number of aliphatic hydroxyl groups excluding tert-OH is 1. The Morgan fingerprint density at radius 3 is 2.55 bits per heavy atom. The lowest BCUT2D eigenvalue weighted by Gasteiger charge is -2.62. The number of fused-ring (bicyclic) bond motifs is 5. The summed E-state index contributed by atoms with van der Waals surface area (Å²) < 4.78 is 0. The van der Waals surface area contributed by atoms with Crippen LogP contribution in [0, 0.1) is 40.4 Å². The third kappa shape index (κ3) is 1.79. The van der Waals surface area contributed by atoms with Gasteiger partial charge in [-0.05, 0) is 78.9 Å². The van der Waals surface area contributed by atoms with Crippen molar-refractivity contribution in [1.82, 2.24) is 0 Å². The molecule has 0 aliphatic heterocycles. The Morgan fingerprint density at radius 2 is 1.77 bits per heavy atom. The molecule has 0 aromatic rings. The van der Waals surface area contributed by atoms with Crippen LogP contribution in [0.15, 0.2) is 0 Å². The van der Waals surface area contributed by atoms with Crippen molar-refractivity contribution in [1.29, 1.82) is 0 Å². The predicted molar refractivity (Wildman–Crippen MR) is 87.3 cm³/mol. The number of aliphatic hydroxyl groups is 1. The molecule has 0 unspecified atom stereocenters. The van der Waals surface area contributed by atoms with Gasteiger partial charge in [0.05, 0.1) is 6.10 Å². The molecular weight excluding hydrogens is 272 g/mol. The van der Waals surface area contributed by atoms with Gasteiger partial charge in [-0.25, -0.2) is 0 Å². The highest BCUT2D eigenvalue weighted by Gasteiger charge is 2.61. The van der Waals surface area contributed by atoms with Crippen LogP contribution in [-0.4, -0.2) is 17.0 Å². The second-order valence-electron chi connectivity index (χ2n) is 9.50. The van der Waals surface area contributed by atoms with E-state index in [1.165, 1.54) is 32.1 Å². The molecule has 4 saturated carbocycles. The van der Waals surface area contributed by atoms with E-state index in [0.29, 0.717) is 23.0 Å². The van der Waals surface area contributed by atoms with Crippen molar-refractivity contribution in [3.63, 3.8) is 0 Å². The topological polar surface area (TPSA) is 37.3 Å². The fourth-order valence-corrected chi connectivity index (χ4v) is 7.45. The Hall–Kier alpha value is -0.370. The monoisotopic (exact) mass is 304 g/mol. The van der Waals surface area contributed by atoms with Gasteiger partial charge in [-0.15, -0.1) is 0 Å². The molecule has 0 heterocycles. The Labute approximate surface area is 135 Å². The molecule has 4 rings (SSSR count). The van der Waals surface area contributed by atoms with Gasteiger partial charge >= 0.3 is 0 Å². The van der Waals surface area contributed by atoms with Crippen LogP contribution in [0.3, 0.4) is 0 Å². The summed E-state index contributed by atoms with van der Waals surface area (Å²) in [5, 5.41) is 10.5. The van der Waals surface area contributed by atoms with Crippen molar-refractivity contribution in [3.05, 3.63) is 0 Å². The summed E-state index contributed by atoms with van der Waals surface area (Å²) in [6, 6.07) is 0. The molecule has 0 saturated heterocycles. The molecule has 0 spiro atoms. The lowest BCUT2D eigenvalue weighted by atomic mass is 9.43. The number of carbonyl (C=O) groups is 1. The summed E-state index contributed by atoms with van der Waals surface area (Å²) in [5.74, 6) is 3.99. The van der Waals surface area contributed by atoms with E-state index < -0.39 is 0 Å². The summed E-state index contributed by atoms with van der Waals surface area (Å²) in [7, 11) is 0. The second kappa shape index (κ2) is 4.82. The van der Waals surface area contributed by atoms with Crippen molar-refractivity contribution < 1.29 is 9.90 Å². The lowest BCUT2D eigenvalue weighted by molar-refractivity contribution is -0.154. The van der Waals surface area contributed by atoms with Crippen molar-refractivity contribution in [3.8, 4) is 0 Å². The van der Waals surface area contributed by atoms with Crippen LogP contribution >= 0.6 is 0 Å². The Bertz CT molecular complexity index is 486. The largest absolute Gasteiger partial charge is 0.393 e. The maximum Gasteiger partial charge on any atom is 0.133 e. The van der Waals surface area contributed by atoms with E-state index in [2.05, 4.69) is 20.8 Å². The van der Waals surface area contributed by atoms with E-state index >= 15 is 0 Å². The average molecular weight is 304 g/mol. The Morgan fingerprint density at radius 1 is 1.00 bits per heavy atom. The van der Waals surface area contributed by atoms with Crippen LogP contribution in [-0.2, 0) is 4.79 Å². The summed E-state index contributed by atoms with van der Waals surface area (Å²) in [4.78, 5) is 12.1. The summed E-state index contributed by atoms with van der Waals surface area (Å²) in [6.45, 7) is 7.21. The first kappa shape index (κ1) is 15.2. The number of Topliss-reactive ketones (excluding diaryl/α,β-unsaturated/α-hetero) is 1. The van der Waals surface area contributed by atoms with E-state index in [1.54, 1.807) is 0 Å². The van der Waals surface area contributed by atoms with E-state index in [9.17, 15) is 9.90 Å². The third-order valence-corrected chi connectivity index (χ3v) is 8.98. The third-order valence-electron chi connectivity index (χ3n) is 8.98. The average Bonchev–Trinajstić information content (AvgIpc) is 2.77. The zero-order valence-electron chi connectivity index (χ0n) is 14.5. The van der Waals surface area contributed by atoms with E-state index in [-0.39, 0.29) is 11.5 Å². The smallest absolute Gasteiger partial charge is 0.133 e. The molecule has 8 atom stereocenters. The lowest BCUT2D eigenvalue weighted by Crippen LogP contribution is -2.56. The van der Waals surface area contributed by atoms with Crippen LogP contribution < -0.4 is 0 Å². The molecule has 1 N–H and O–H groups in total. The molecule has 124 valence electrons. The molecule has 0 aromatic carbocycles. The molecule has 0 amide bonds. The van der Waals surface area contributed by atoms with Crippen molar-refractivity contribution in [2.75, 3.05) is 0 Å². The minimum absolute atomic E-state index is 0.0747. The van der Waals surface area contributed by atoms with Crippen LogP contribution in [0.4, 0.5) is 0 Å². The molecule has 4 fully saturated rings. The van der Waals surface area contributed by atoms with Crippen molar-refractivity contribution in [2.45, 2.75) is 78.2 Å². The van der Waals surface area contributed by atoms with Gasteiger partial charge < -0.3 is 5.11 Å². The molecule has 2 nitrogen and oxygen atoms in total. The minimum Gasteiger partial charge on any atom is -0.393 e. The van der Waals surface area contributed by atoms with Gasteiger partial charge in [0, 0.05) is 12.8 Å². The molecular formula is C20H32O2. The van der Waals surface area contributed by atoms with Gasteiger partial charge in [-0.2, -0.15) is 0 Å². The van der Waals surface area contributed by atoms with Crippen LogP contribution in [0.1, 0.15) is 72.1 Å². The summed E-state index contributed by atoms with van der Waals surface area (Å²) in [5.41, 5.74) is 0.545. The molecule has 22 heavy (non-hydrogen) atoms. The summed E-state index contributed by atoms with van der Waals surface area (Å²) in [6.07, 6.45) is 8.84. The molecule has 4 aliphatic rings. The zero-order valence-corrected chi connectivity index (χ0v) is 14.5.